The van der Waals surface area contributed by atoms with Crippen molar-refractivity contribution in [2.24, 2.45) is 0 Å². The molecule has 0 aromatic heterocycles. The van der Waals surface area contributed by atoms with Crippen molar-refractivity contribution in [3.63, 3.8) is 0 Å². The second kappa shape index (κ2) is 7.94. The second-order valence-electron chi connectivity index (χ2n) is 6.46. The third-order valence-electron chi connectivity index (χ3n) is 4.35. The molecule has 1 saturated heterocycles. The van der Waals surface area contributed by atoms with Gasteiger partial charge in [0.1, 0.15) is 0 Å². The number of sulfone groups is 1. The monoisotopic (exact) mass is 382 g/mol. The van der Waals surface area contributed by atoms with Gasteiger partial charge in [0.2, 0.25) is 18.6 Å². The zero-order valence-corrected chi connectivity index (χ0v) is 15.1. The molecule has 1 unspecified atom stereocenters. The van der Waals surface area contributed by atoms with Crippen molar-refractivity contribution in [2.75, 3.05) is 24.8 Å². The van der Waals surface area contributed by atoms with Gasteiger partial charge in [-0.15, -0.1) is 0 Å². The Bertz CT molecular complexity index is 792. The van der Waals surface area contributed by atoms with Crippen LogP contribution >= 0.6 is 0 Å². The number of ether oxygens (including phenoxy) is 2. The van der Waals surface area contributed by atoms with Gasteiger partial charge in [-0.3, -0.25) is 9.59 Å². The number of benzene rings is 1. The van der Waals surface area contributed by atoms with Gasteiger partial charge in [-0.1, -0.05) is 6.07 Å². The lowest BCUT2D eigenvalue weighted by Crippen LogP contribution is -2.37. The van der Waals surface area contributed by atoms with Crippen LogP contribution < -0.4 is 20.1 Å². The Kier molecular flexibility index (Phi) is 5.65. The topological polar surface area (TPSA) is 111 Å². The molecule has 1 aromatic rings. The highest BCUT2D eigenvalue weighted by Gasteiger charge is 2.28. The standard InChI is InChI=1S/C17H22N2O6S/c20-16(4-2-12-1-3-14-15(9-12)25-11-24-14)18-7-5-17(21)19-13-6-8-26(22,23)10-13/h1,3,9,13H,2,4-8,10-11H2,(H,18,20)(H,19,21). The maximum absolute atomic E-state index is 11.9. The lowest BCUT2D eigenvalue weighted by Gasteiger charge is -2.11. The average molecular weight is 382 g/mol. The number of carbonyl (C=O) groups is 2. The summed E-state index contributed by atoms with van der Waals surface area (Å²) in [6.45, 7) is 0.444. The Morgan fingerprint density at radius 2 is 1.92 bits per heavy atom. The van der Waals surface area contributed by atoms with Gasteiger partial charge in [-0.25, -0.2) is 8.42 Å². The van der Waals surface area contributed by atoms with Crippen molar-refractivity contribution in [1.29, 1.82) is 0 Å². The zero-order valence-electron chi connectivity index (χ0n) is 14.3. The van der Waals surface area contributed by atoms with Crippen LogP contribution in [0, 0.1) is 0 Å². The van der Waals surface area contributed by atoms with Crippen LogP contribution in [0.15, 0.2) is 18.2 Å². The largest absolute Gasteiger partial charge is 0.454 e. The SMILES string of the molecule is O=C(CCc1ccc2c(c1)OCO2)NCCC(=O)NC1CCS(=O)(=O)C1. The molecular formula is C17H22N2O6S. The Balaban J connectivity index is 1.32. The first-order valence-electron chi connectivity index (χ1n) is 8.56. The fourth-order valence-corrected chi connectivity index (χ4v) is 4.64. The van der Waals surface area contributed by atoms with E-state index in [1.54, 1.807) is 0 Å². The Morgan fingerprint density at radius 1 is 1.12 bits per heavy atom. The molecule has 8 nitrogen and oxygen atoms in total. The van der Waals surface area contributed by atoms with Gasteiger partial charge < -0.3 is 20.1 Å². The molecule has 2 heterocycles. The minimum Gasteiger partial charge on any atom is -0.454 e. The summed E-state index contributed by atoms with van der Waals surface area (Å²) in [5.74, 6) is 1.13. The smallest absolute Gasteiger partial charge is 0.231 e. The molecule has 26 heavy (non-hydrogen) atoms. The molecule has 0 bridgehead atoms. The molecule has 2 amide bonds. The number of nitrogens with one attached hydrogen (secondary N) is 2. The number of aryl methyl sites for hydroxylation is 1. The summed E-state index contributed by atoms with van der Waals surface area (Å²) in [6.07, 6.45) is 1.46. The van der Waals surface area contributed by atoms with E-state index < -0.39 is 9.84 Å². The Morgan fingerprint density at radius 3 is 2.69 bits per heavy atom. The lowest BCUT2D eigenvalue weighted by molar-refractivity contribution is -0.122. The molecule has 2 aliphatic rings. The number of rotatable bonds is 7. The van der Waals surface area contributed by atoms with E-state index in [0.717, 1.165) is 5.56 Å². The highest BCUT2D eigenvalue weighted by molar-refractivity contribution is 7.91. The number of fused-ring (bicyclic) bond motifs is 1. The van der Waals surface area contributed by atoms with Gasteiger partial charge in [-0.05, 0) is 30.5 Å². The van der Waals surface area contributed by atoms with E-state index in [4.69, 9.17) is 9.47 Å². The predicted octanol–water partition coefficient (Wildman–Crippen LogP) is 0.158. The average Bonchev–Trinajstić information content (AvgIpc) is 3.18. The van der Waals surface area contributed by atoms with Crippen LogP contribution in [0.4, 0.5) is 0 Å². The molecular weight excluding hydrogens is 360 g/mol. The van der Waals surface area contributed by atoms with Crippen LogP contribution in [0.1, 0.15) is 24.8 Å². The molecule has 0 spiro atoms. The molecule has 3 rings (SSSR count). The number of amides is 2. The van der Waals surface area contributed by atoms with Crippen molar-refractivity contribution in [3.8, 4) is 11.5 Å². The molecule has 1 fully saturated rings. The Hall–Kier alpha value is -2.29. The minimum atomic E-state index is -3.01. The molecule has 0 radical (unpaired) electrons. The summed E-state index contributed by atoms with van der Waals surface area (Å²) < 4.78 is 33.2. The van der Waals surface area contributed by atoms with Crippen molar-refractivity contribution in [1.82, 2.24) is 10.6 Å². The number of carbonyl (C=O) groups excluding carboxylic acids is 2. The van der Waals surface area contributed by atoms with Crippen molar-refractivity contribution in [3.05, 3.63) is 23.8 Å². The Labute approximate surface area is 152 Å². The molecule has 2 aliphatic heterocycles. The first-order valence-corrected chi connectivity index (χ1v) is 10.4. The summed E-state index contributed by atoms with van der Waals surface area (Å²) in [4.78, 5) is 23.7. The van der Waals surface area contributed by atoms with Crippen LogP contribution in [0.3, 0.4) is 0 Å². The third-order valence-corrected chi connectivity index (χ3v) is 6.12. The quantitative estimate of drug-likeness (QED) is 0.695. The highest BCUT2D eigenvalue weighted by atomic mass is 32.2. The number of hydrogen-bond acceptors (Lipinski definition) is 6. The predicted molar refractivity (Wildman–Crippen MR) is 93.7 cm³/mol. The third kappa shape index (κ3) is 5.10. The van der Waals surface area contributed by atoms with Gasteiger partial charge >= 0.3 is 0 Å². The maximum Gasteiger partial charge on any atom is 0.231 e. The zero-order chi connectivity index (χ0) is 18.6. The van der Waals surface area contributed by atoms with Gasteiger partial charge in [0, 0.05) is 25.4 Å². The van der Waals surface area contributed by atoms with Gasteiger partial charge in [-0.2, -0.15) is 0 Å². The van der Waals surface area contributed by atoms with Crippen LogP contribution in [-0.2, 0) is 25.8 Å². The molecule has 2 N–H and O–H groups in total. The molecule has 9 heteroatoms. The first kappa shape index (κ1) is 18.5. The summed E-state index contributed by atoms with van der Waals surface area (Å²) in [5, 5.41) is 5.40. The van der Waals surface area contributed by atoms with E-state index in [0.29, 0.717) is 30.8 Å². The molecule has 1 aromatic carbocycles. The van der Waals surface area contributed by atoms with E-state index in [1.165, 1.54) is 0 Å². The molecule has 0 saturated carbocycles. The fourth-order valence-electron chi connectivity index (χ4n) is 2.97. The van der Waals surface area contributed by atoms with Gasteiger partial charge in [0.25, 0.3) is 0 Å². The second-order valence-corrected chi connectivity index (χ2v) is 8.68. The van der Waals surface area contributed by atoms with Crippen LogP contribution in [0.25, 0.3) is 0 Å². The molecule has 1 atom stereocenters. The van der Waals surface area contributed by atoms with Crippen LogP contribution in [-0.4, -0.2) is 51.1 Å². The first-order chi connectivity index (χ1) is 12.4. The summed E-state index contributed by atoms with van der Waals surface area (Å²) in [5.41, 5.74) is 0.976. The minimum absolute atomic E-state index is 0.000626. The van der Waals surface area contributed by atoms with Gasteiger partial charge in [0.15, 0.2) is 21.3 Å². The number of hydrogen-bond donors (Lipinski definition) is 2. The lowest BCUT2D eigenvalue weighted by atomic mass is 10.1. The summed E-state index contributed by atoms with van der Waals surface area (Å²) in [6, 6.07) is 5.26. The fraction of sp³-hybridized carbons (Fsp3) is 0.529. The molecule has 0 aliphatic carbocycles. The highest BCUT2D eigenvalue weighted by Crippen LogP contribution is 2.32. The van der Waals surface area contributed by atoms with E-state index >= 15 is 0 Å². The van der Waals surface area contributed by atoms with Crippen molar-refractivity contribution < 1.29 is 27.5 Å². The van der Waals surface area contributed by atoms with Crippen LogP contribution in [0.5, 0.6) is 11.5 Å². The van der Waals surface area contributed by atoms with Crippen LogP contribution in [0.2, 0.25) is 0 Å². The van der Waals surface area contributed by atoms with E-state index in [-0.39, 0.29) is 49.1 Å². The summed E-state index contributed by atoms with van der Waals surface area (Å²) in [7, 11) is -3.01. The van der Waals surface area contributed by atoms with Gasteiger partial charge in [0.05, 0.1) is 11.5 Å². The summed E-state index contributed by atoms with van der Waals surface area (Å²) >= 11 is 0. The normalized spacial score (nSPS) is 19.9. The van der Waals surface area contributed by atoms with E-state index in [2.05, 4.69) is 10.6 Å². The maximum atomic E-state index is 11.9. The van der Waals surface area contributed by atoms with E-state index in [9.17, 15) is 18.0 Å². The van der Waals surface area contributed by atoms with E-state index in [1.807, 2.05) is 18.2 Å². The van der Waals surface area contributed by atoms with Crippen molar-refractivity contribution in [2.45, 2.75) is 31.7 Å². The van der Waals surface area contributed by atoms with Crippen molar-refractivity contribution >= 4 is 21.7 Å². The molecule has 142 valence electrons.